The summed E-state index contributed by atoms with van der Waals surface area (Å²) >= 11 is 10.6. The lowest BCUT2D eigenvalue weighted by Gasteiger charge is -2.25. The predicted octanol–water partition coefficient (Wildman–Crippen LogP) is 6.00. The average Bonchev–Trinajstić information content (AvgIpc) is 3.42. The number of nitrogens with zero attached hydrogens (tertiary/aromatic N) is 2. The molecule has 0 bridgehead atoms. The van der Waals surface area contributed by atoms with Gasteiger partial charge in [0.05, 0.1) is 5.41 Å². The number of thiophene rings is 1. The summed E-state index contributed by atoms with van der Waals surface area (Å²) in [6.45, 7) is 0. The van der Waals surface area contributed by atoms with Gasteiger partial charge in [0.1, 0.15) is 0 Å². The van der Waals surface area contributed by atoms with E-state index in [1.54, 1.807) is 23.1 Å². The number of rotatable bonds is 6. The summed E-state index contributed by atoms with van der Waals surface area (Å²) in [6, 6.07) is 11.9. The van der Waals surface area contributed by atoms with Gasteiger partial charge in [-0.1, -0.05) is 65.7 Å². The molecule has 0 unspecified atom stereocenters. The Balaban J connectivity index is 1.41. The van der Waals surface area contributed by atoms with Gasteiger partial charge in [-0.3, -0.25) is 10.1 Å². The molecule has 1 saturated carbocycles. The van der Waals surface area contributed by atoms with Crippen molar-refractivity contribution in [2.75, 3.05) is 5.32 Å². The summed E-state index contributed by atoms with van der Waals surface area (Å²) in [5, 5.41) is 14.7. The van der Waals surface area contributed by atoms with E-state index in [-0.39, 0.29) is 5.91 Å². The second kappa shape index (κ2) is 8.31. The van der Waals surface area contributed by atoms with E-state index in [0.717, 1.165) is 45.7 Å². The molecule has 2 aromatic heterocycles. The smallest absolute Gasteiger partial charge is 0.237 e. The van der Waals surface area contributed by atoms with E-state index in [0.29, 0.717) is 5.13 Å². The molecule has 1 aliphatic rings. The summed E-state index contributed by atoms with van der Waals surface area (Å²) in [6.07, 6.45) is 3.97. The fourth-order valence-corrected chi connectivity index (χ4v) is 6.19. The van der Waals surface area contributed by atoms with Crippen LogP contribution < -0.4 is 5.32 Å². The van der Waals surface area contributed by atoms with Crippen LogP contribution in [0.15, 0.2) is 46.1 Å². The van der Waals surface area contributed by atoms with Crippen LogP contribution in [0.25, 0.3) is 0 Å². The summed E-state index contributed by atoms with van der Waals surface area (Å²) in [5.41, 5.74) is 0.768. The van der Waals surface area contributed by atoms with Crippen LogP contribution >= 0.6 is 46.0 Å². The molecule has 0 spiro atoms. The molecule has 4 nitrogen and oxygen atoms in total. The fraction of sp³-hybridized carbons (Fsp3) is 0.316. The standard InChI is InChI=1S/C19H18ClN3OS3/c20-14-7-5-13(6-8-14)12-26-18-23-22-17(27-18)21-16(24)19(9-1-2-10-19)15-4-3-11-25-15/h3-8,11H,1-2,9-10,12H2,(H,21,22,24). The molecule has 0 radical (unpaired) electrons. The minimum atomic E-state index is -0.406. The SMILES string of the molecule is O=C(Nc1nnc(SCc2ccc(Cl)cc2)s1)C1(c2cccs2)CCCC1. The summed E-state index contributed by atoms with van der Waals surface area (Å²) < 4.78 is 0.844. The van der Waals surface area contributed by atoms with Crippen molar-refractivity contribution in [3.8, 4) is 0 Å². The van der Waals surface area contributed by atoms with Crippen molar-refractivity contribution in [2.24, 2.45) is 0 Å². The second-order valence-electron chi connectivity index (χ2n) is 6.51. The zero-order valence-electron chi connectivity index (χ0n) is 14.5. The van der Waals surface area contributed by atoms with Gasteiger partial charge in [-0.05, 0) is 42.0 Å². The monoisotopic (exact) mass is 435 g/mol. The first kappa shape index (κ1) is 18.9. The van der Waals surface area contributed by atoms with Crippen LogP contribution in [-0.4, -0.2) is 16.1 Å². The Kier molecular flexibility index (Phi) is 5.82. The summed E-state index contributed by atoms with van der Waals surface area (Å²) in [7, 11) is 0. The minimum Gasteiger partial charge on any atom is -0.300 e. The van der Waals surface area contributed by atoms with Crippen LogP contribution in [0.3, 0.4) is 0 Å². The maximum atomic E-state index is 13.1. The lowest BCUT2D eigenvalue weighted by atomic mass is 9.83. The molecule has 1 amide bonds. The number of carbonyl (C=O) groups excluding carboxylic acids is 1. The van der Waals surface area contributed by atoms with Crippen LogP contribution in [-0.2, 0) is 16.0 Å². The lowest BCUT2D eigenvalue weighted by Crippen LogP contribution is -2.37. The number of nitrogens with one attached hydrogen (secondary N) is 1. The van der Waals surface area contributed by atoms with E-state index >= 15 is 0 Å². The topological polar surface area (TPSA) is 54.9 Å². The van der Waals surface area contributed by atoms with Gasteiger partial charge in [0.15, 0.2) is 4.34 Å². The number of halogens is 1. The minimum absolute atomic E-state index is 0.0489. The third kappa shape index (κ3) is 4.21. The first-order valence-electron chi connectivity index (χ1n) is 8.72. The zero-order valence-corrected chi connectivity index (χ0v) is 17.7. The zero-order chi connectivity index (χ0) is 18.7. The quantitative estimate of drug-likeness (QED) is 0.381. The van der Waals surface area contributed by atoms with Crippen molar-refractivity contribution in [3.63, 3.8) is 0 Å². The van der Waals surface area contributed by atoms with E-state index in [1.165, 1.54) is 16.9 Å². The molecule has 0 aliphatic heterocycles. The molecule has 4 rings (SSSR count). The Morgan fingerprint density at radius 1 is 1.19 bits per heavy atom. The number of amides is 1. The van der Waals surface area contributed by atoms with Gasteiger partial charge in [-0.15, -0.1) is 21.5 Å². The normalized spacial score (nSPS) is 15.7. The van der Waals surface area contributed by atoms with Gasteiger partial charge in [0.25, 0.3) is 0 Å². The highest BCUT2D eigenvalue weighted by molar-refractivity contribution is 8.00. The molecule has 2 heterocycles. The Hall–Kier alpha value is -1.41. The summed E-state index contributed by atoms with van der Waals surface area (Å²) in [5.74, 6) is 0.839. The number of anilines is 1. The predicted molar refractivity (Wildman–Crippen MR) is 114 cm³/mol. The molecule has 3 aromatic rings. The average molecular weight is 436 g/mol. The van der Waals surface area contributed by atoms with Gasteiger partial charge in [0, 0.05) is 15.7 Å². The molecular formula is C19H18ClN3OS3. The van der Waals surface area contributed by atoms with E-state index in [9.17, 15) is 4.79 Å². The van der Waals surface area contributed by atoms with Gasteiger partial charge >= 0.3 is 0 Å². The van der Waals surface area contributed by atoms with Gasteiger partial charge in [0.2, 0.25) is 11.0 Å². The lowest BCUT2D eigenvalue weighted by molar-refractivity contribution is -0.121. The first-order valence-corrected chi connectivity index (χ1v) is 11.8. The van der Waals surface area contributed by atoms with Crippen molar-refractivity contribution in [3.05, 3.63) is 57.2 Å². The molecule has 1 aliphatic carbocycles. The first-order chi connectivity index (χ1) is 13.2. The van der Waals surface area contributed by atoms with Crippen LogP contribution in [0, 0.1) is 0 Å². The van der Waals surface area contributed by atoms with Crippen LogP contribution in [0.2, 0.25) is 5.02 Å². The Bertz CT molecular complexity index is 903. The van der Waals surface area contributed by atoms with Crippen molar-refractivity contribution < 1.29 is 4.79 Å². The van der Waals surface area contributed by atoms with Crippen molar-refractivity contribution in [1.82, 2.24) is 10.2 Å². The molecule has 27 heavy (non-hydrogen) atoms. The van der Waals surface area contributed by atoms with Crippen LogP contribution in [0.1, 0.15) is 36.1 Å². The van der Waals surface area contributed by atoms with Gasteiger partial charge in [-0.2, -0.15) is 0 Å². The molecule has 1 aromatic carbocycles. The van der Waals surface area contributed by atoms with Crippen molar-refractivity contribution in [2.45, 2.75) is 41.2 Å². The van der Waals surface area contributed by atoms with Crippen LogP contribution in [0.5, 0.6) is 0 Å². The molecule has 140 valence electrons. The number of hydrogen-bond acceptors (Lipinski definition) is 6. The maximum absolute atomic E-state index is 13.1. The van der Waals surface area contributed by atoms with Crippen molar-refractivity contribution in [1.29, 1.82) is 0 Å². The number of thioether (sulfide) groups is 1. The molecule has 1 fully saturated rings. The number of aromatic nitrogens is 2. The fourth-order valence-electron chi connectivity index (χ4n) is 3.38. The highest BCUT2D eigenvalue weighted by Gasteiger charge is 2.43. The molecular weight excluding hydrogens is 418 g/mol. The third-order valence-corrected chi connectivity index (χ3v) is 8.16. The highest BCUT2D eigenvalue weighted by atomic mass is 35.5. The van der Waals surface area contributed by atoms with E-state index in [2.05, 4.69) is 21.6 Å². The summed E-state index contributed by atoms with van der Waals surface area (Å²) in [4.78, 5) is 14.2. The largest absolute Gasteiger partial charge is 0.300 e. The van der Waals surface area contributed by atoms with Crippen molar-refractivity contribution >= 4 is 57.1 Å². The third-order valence-electron chi connectivity index (χ3n) is 4.79. The van der Waals surface area contributed by atoms with Crippen LogP contribution in [0.4, 0.5) is 5.13 Å². The van der Waals surface area contributed by atoms with E-state index in [1.807, 2.05) is 35.7 Å². The van der Waals surface area contributed by atoms with Gasteiger partial charge in [-0.25, -0.2) is 0 Å². The molecule has 1 N–H and O–H groups in total. The molecule has 8 heteroatoms. The number of carbonyl (C=O) groups is 1. The highest BCUT2D eigenvalue weighted by Crippen LogP contribution is 2.44. The Morgan fingerprint density at radius 2 is 1.96 bits per heavy atom. The molecule has 0 saturated heterocycles. The second-order valence-corrected chi connectivity index (χ2v) is 10.1. The Morgan fingerprint density at radius 3 is 2.67 bits per heavy atom. The van der Waals surface area contributed by atoms with Gasteiger partial charge < -0.3 is 0 Å². The van der Waals surface area contributed by atoms with E-state index in [4.69, 9.17) is 11.6 Å². The van der Waals surface area contributed by atoms with E-state index < -0.39 is 5.41 Å². The maximum Gasteiger partial charge on any atom is 0.237 e. The molecule has 0 atom stereocenters. The number of benzene rings is 1. The Labute approximate surface area is 175 Å². The number of hydrogen-bond donors (Lipinski definition) is 1.